The van der Waals surface area contributed by atoms with Crippen molar-refractivity contribution in [3.63, 3.8) is 0 Å². The predicted molar refractivity (Wildman–Crippen MR) is 95.0 cm³/mol. The van der Waals surface area contributed by atoms with Gasteiger partial charge in [0.1, 0.15) is 5.60 Å². The largest absolute Gasteiger partial charge is 0.444 e. The fraction of sp³-hybridized carbons (Fsp3) is 0.938. The second-order valence-electron chi connectivity index (χ2n) is 7.76. The molecule has 0 aromatic rings. The molecule has 1 N–H and O–H groups in total. The summed E-state index contributed by atoms with van der Waals surface area (Å²) in [5.74, 6) is 0.158. The molecule has 2 saturated heterocycles. The molecule has 0 aliphatic carbocycles. The van der Waals surface area contributed by atoms with Gasteiger partial charge < -0.3 is 14.8 Å². The lowest BCUT2D eigenvalue weighted by Gasteiger charge is -2.55. The number of morpholine rings is 1. The molecule has 0 radical (unpaired) electrons. The summed E-state index contributed by atoms with van der Waals surface area (Å²) in [4.78, 5) is 14.2. The molecular formula is C16H31N3O5S. The maximum Gasteiger partial charge on any atom is 0.407 e. The Morgan fingerprint density at radius 1 is 1.24 bits per heavy atom. The molecule has 8 nitrogen and oxygen atoms in total. The number of alkyl carbamates (subject to hydrolysis) is 1. The third-order valence-electron chi connectivity index (χ3n) is 4.44. The molecule has 25 heavy (non-hydrogen) atoms. The monoisotopic (exact) mass is 377 g/mol. The van der Waals surface area contributed by atoms with Crippen LogP contribution in [0.5, 0.6) is 0 Å². The summed E-state index contributed by atoms with van der Waals surface area (Å²) in [5.41, 5.74) is -0.951. The van der Waals surface area contributed by atoms with Crippen LogP contribution < -0.4 is 5.32 Å². The Kier molecular flexibility index (Phi) is 6.35. The average Bonchev–Trinajstić information content (AvgIpc) is 2.45. The molecule has 2 fully saturated rings. The SMILES string of the molecule is CCCS(=O)(=O)N1CC(CNC(=O)OC(C)(C)C)(N2CCOCC2)C1. The predicted octanol–water partition coefficient (Wildman–Crippen LogP) is 0.638. The highest BCUT2D eigenvalue weighted by Gasteiger charge is 2.51. The first-order valence-corrected chi connectivity index (χ1v) is 10.5. The van der Waals surface area contributed by atoms with Crippen LogP contribution in [0.1, 0.15) is 34.1 Å². The van der Waals surface area contributed by atoms with E-state index in [0.29, 0.717) is 39.3 Å². The molecular weight excluding hydrogens is 346 g/mol. The topological polar surface area (TPSA) is 88.2 Å². The van der Waals surface area contributed by atoms with E-state index < -0.39 is 21.7 Å². The third kappa shape index (κ3) is 5.29. The lowest BCUT2D eigenvalue weighted by atomic mass is 9.89. The van der Waals surface area contributed by atoms with E-state index in [4.69, 9.17) is 9.47 Å². The Morgan fingerprint density at radius 2 is 1.84 bits per heavy atom. The number of carbonyl (C=O) groups is 1. The van der Waals surface area contributed by atoms with Gasteiger partial charge in [-0.25, -0.2) is 13.2 Å². The molecule has 9 heteroatoms. The lowest BCUT2D eigenvalue weighted by Crippen LogP contribution is -2.76. The van der Waals surface area contributed by atoms with Gasteiger partial charge >= 0.3 is 6.09 Å². The number of nitrogens with one attached hydrogen (secondary N) is 1. The molecule has 0 unspecified atom stereocenters. The van der Waals surface area contributed by atoms with Gasteiger partial charge in [0.05, 0.1) is 24.5 Å². The van der Waals surface area contributed by atoms with Gasteiger partial charge in [-0.1, -0.05) is 6.92 Å². The molecule has 0 bridgehead atoms. The number of rotatable bonds is 6. The molecule has 0 aromatic carbocycles. The number of hydrogen-bond acceptors (Lipinski definition) is 6. The third-order valence-corrected chi connectivity index (χ3v) is 6.41. The first-order valence-electron chi connectivity index (χ1n) is 8.85. The second kappa shape index (κ2) is 7.77. The molecule has 1 amide bonds. The van der Waals surface area contributed by atoms with Crippen LogP contribution in [0.15, 0.2) is 0 Å². The van der Waals surface area contributed by atoms with Gasteiger partial charge in [0.25, 0.3) is 0 Å². The van der Waals surface area contributed by atoms with Crippen molar-refractivity contribution >= 4 is 16.1 Å². The van der Waals surface area contributed by atoms with Gasteiger partial charge in [-0.15, -0.1) is 0 Å². The molecule has 2 aliphatic heterocycles. The van der Waals surface area contributed by atoms with E-state index in [9.17, 15) is 13.2 Å². The molecule has 2 heterocycles. The summed E-state index contributed by atoms with van der Waals surface area (Å²) in [7, 11) is -3.22. The van der Waals surface area contributed by atoms with Crippen molar-refractivity contribution in [3.8, 4) is 0 Å². The number of nitrogens with zero attached hydrogens (tertiary/aromatic N) is 2. The van der Waals surface area contributed by atoms with E-state index in [1.54, 1.807) is 0 Å². The van der Waals surface area contributed by atoms with Gasteiger partial charge in [0.2, 0.25) is 10.0 Å². The second-order valence-corrected chi connectivity index (χ2v) is 9.85. The van der Waals surface area contributed by atoms with E-state index in [-0.39, 0.29) is 11.3 Å². The van der Waals surface area contributed by atoms with Gasteiger partial charge in [-0.2, -0.15) is 4.31 Å². The zero-order chi connectivity index (χ0) is 18.7. The average molecular weight is 378 g/mol. The molecule has 0 aromatic heterocycles. The Hall–Kier alpha value is -0.900. The van der Waals surface area contributed by atoms with Gasteiger partial charge in [-0.05, 0) is 27.2 Å². The molecule has 0 saturated carbocycles. The van der Waals surface area contributed by atoms with Crippen LogP contribution in [-0.2, 0) is 19.5 Å². The van der Waals surface area contributed by atoms with Crippen LogP contribution in [0.25, 0.3) is 0 Å². The van der Waals surface area contributed by atoms with Crippen molar-refractivity contribution in [1.82, 2.24) is 14.5 Å². The first-order chi connectivity index (χ1) is 11.6. The van der Waals surface area contributed by atoms with Crippen LogP contribution in [0, 0.1) is 0 Å². The van der Waals surface area contributed by atoms with Crippen LogP contribution >= 0.6 is 0 Å². The van der Waals surface area contributed by atoms with Gasteiger partial charge in [0, 0.05) is 32.7 Å². The standard InChI is InChI=1S/C16H31N3O5S/c1-5-10-25(21,22)19-12-16(13-19,18-6-8-23-9-7-18)11-17-14(20)24-15(2,3)4/h5-13H2,1-4H3,(H,17,20). The summed E-state index contributed by atoms with van der Waals surface area (Å²) in [6.45, 7) is 11.2. The van der Waals surface area contributed by atoms with E-state index in [1.165, 1.54) is 4.31 Å². The summed E-state index contributed by atoms with van der Waals surface area (Å²) in [6, 6.07) is 0. The van der Waals surface area contributed by atoms with Crippen LogP contribution in [0.2, 0.25) is 0 Å². The minimum Gasteiger partial charge on any atom is -0.444 e. The van der Waals surface area contributed by atoms with E-state index in [1.807, 2.05) is 27.7 Å². The lowest BCUT2D eigenvalue weighted by molar-refractivity contribution is -0.0687. The fourth-order valence-corrected chi connectivity index (χ4v) is 4.85. The highest BCUT2D eigenvalue weighted by molar-refractivity contribution is 7.89. The maximum atomic E-state index is 12.3. The van der Waals surface area contributed by atoms with E-state index in [0.717, 1.165) is 13.1 Å². The Balaban J connectivity index is 2.01. The number of carbonyl (C=O) groups excluding carboxylic acids is 1. The molecule has 146 valence electrons. The van der Waals surface area contributed by atoms with Crippen molar-refractivity contribution in [3.05, 3.63) is 0 Å². The van der Waals surface area contributed by atoms with E-state index >= 15 is 0 Å². The molecule has 2 aliphatic rings. The minimum atomic E-state index is -3.22. The van der Waals surface area contributed by atoms with E-state index in [2.05, 4.69) is 10.2 Å². The van der Waals surface area contributed by atoms with Crippen molar-refractivity contribution in [2.24, 2.45) is 0 Å². The first kappa shape index (κ1) is 20.4. The smallest absolute Gasteiger partial charge is 0.407 e. The maximum absolute atomic E-state index is 12.3. The summed E-state index contributed by atoms with van der Waals surface area (Å²) < 4.78 is 36.8. The van der Waals surface area contributed by atoms with Crippen molar-refractivity contribution in [1.29, 1.82) is 0 Å². The van der Waals surface area contributed by atoms with Crippen LogP contribution in [0.4, 0.5) is 4.79 Å². The van der Waals surface area contributed by atoms with Gasteiger partial charge in [-0.3, -0.25) is 4.90 Å². The number of ether oxygens (including phenoxy) is 2. The molecule has 0 spiro atoms. The quantitative estimate of drug-likeness (QED) is 0.731. The van der Waals surface area contributed by atoms with Gasteiger partial charge in [0.15, 0.2) is 0 Å². The zero-order valence-electron chi connectivity index (χ0n) is 15.7. The summed E-state index contributed by atoms with van der Waals surface area (Å²) in [5, 5.41) is 2.82. The van der Waals surface area contributed by atoms with Crippen molar-refractivity contribution < 1.29 is 22.7 Å². The highest BCUT2D eigenvalue weighted by Crippen LogP contribution is 2.31. The molecule has 2 rings (SSSR count). The van der Waals surface area contributed by atoms with Crippen molar-refractivity contribution in [2.75, 3.05) is 51.7 Å². The Morgan fingerprint density at radius 3 is 2.36 bits per heavy atom. The van der Waals surface area contributed by atoms with Crippen LogP contribution in [0.3, 0.4) is 0 Å². The Labute approximate surface area is 150 Å². The van der Waals surface area contributed by atoms with Crippen molar-refractivity contribution in [2.45, 2.75) is 45.3 Å². The van der Waals surface area contributed by atoms with Crippen LogP contribution in [-0.4, -0.2) is 86.5 Å². The highest BCUT2D eigenvalue weighted by atomic mass is 32.2. The zero-order valence-corrected chi connectivity index (χ0v) is 16.5. The summed E-state index contributed by atoms with van der Waals surface area (Å²) in [6.07, 6.45) is 0.120. The summed E-state index contributed by atoms with van der Waals surface area (Å²) >= 11 is 0. The minimum absolute atomic E-state index is 0.158. The normalized spacial score (nSPS) is 22.2. The number of sulfonamides is 1. The number of hydrogen-bond donors (Lipinski definition) is 1. The fourth-order valence-electron chi connectivity index (χ4n) is 3.21. The molecule has 0 atom stereocenters. The number of amides is 1. The Bertz CT molecular complexity index is 561.